The van der Waals surface area contributed by atoms with Gasteiger partial charge in [-0.3, -0.25) is 0 Å². The molecule has 1 aromatic carbocycles. The van der Waals surface area contributed by atoms with Crippen LogP contribution in [0.3, 0.4) is 0 Å². The van der Waals surface area contributed by atoms with Gasteiger partial charge in [0.1, 0.15) is 0 Å². The molecule has 0 aliphatic carbocycles. The van der Waals surface area contributed by atoms with Crippen LogP contribution in [0.5, 0.6) is 0 Å². The molecule has 1 nitrogen and oxygen atoms in total. The topological polar surface area (TPSA) is 12.0 Å². The molecule has 0 saturated carbocycles. The summed E-state index contributed by atoms with van der Waals surface area (Å²) in [5.74, 6) is 1.79. The van der Waals surface area contributed by atoms with E-state index in [2.05, 4.69) is 45.1 Å². The summed E-state index contributed by atoms with van der Waals surface area (Å²) in [5, 5.41) is 4.40. The van der Waals surface area contributed by atoms with Crippen molar-refractivity contribution in [2.45, 2.75) is 33.6 Å². The van der Waals surface area contributed by atoms with Crippen LogP contribution in [0.25, 0.3) is 0 Å². The monoisotopic (exact) mass is 253 g/mol. The first kappa shape index (κ1) is 14.5. The predicted octanol–water partition coefficient (Wildman–Crippen LogP) is 4.33. The highest BCUT2D eigenvalue weighted by atomic mass is 35.5. The number of nitrogens with one attached hydrogen (secondary N) is 1. The zero-order valence-electron chi connectivity index (χ0n) is 11.3. The molecule has 1 N–H and O–H groups in total. The molecular weight excluding hydrogens is 230 g/mol. The van der Waals surface area contributed by atoms with Crippen molar-refractivity contribution in [2.24, 2.45) is 11.8 Å². The van der Waals surface area contributed by atoms with Crippen molar-refractivity contribution in [3.05, 3.63) is 34.9 Å². The second-order valence-corrected chi connectivity index (χ2v) is 5.75. The summed E-state index contributed by atoms with van der Waals surface area (Å²) in [5.41, 5.74) is 1.26. The van der Waals surface area contributed by atoms with Gasteiger partial charge in [-0.05, 0) is 42.5 Å². The molecule has 96 valence electrons. The molecule has 0 spiro atoms. The fourth-order valence-electron chi connectivity index (χ4n) is 1.93. The third-order valence-corrected chi connectivity index (χ3v) is 3.61. The highest BCUT2D eigenvalue weighted by Crippen LogP contribution is 2.29. The molecule has 0 aliphatic rings. The van der Waals surface area contributed by atoms with E-state index < -0.39 is 0 Å². The minimum absolute atomic E-state index is 0.489. The Morgan fingerprint density at radius 2 is 1.71 bits per heavy atom. The van der Waals surface area contributed by atoms with Gasteiger partial charge < -0.3 is 5.32 Å². The van der Waals surface area contributed by atoms with Gasteiger partial charge in [0.2, 0.25) is 0 Å². The van der Waals surface area contributed by atoms with Gasteiger partial charge in [0.25, 0.3) is 0 Å². The van der Waals surface area contributed by atoms with E-state index in [0.29, 0.717) is 17.8 Å². The van der Waals surface area contributed by atoms with Crippen LogP contribution in [0, 0.1) is 11.8 Å². The maximum atomic E-state index is 6.23. The van der Waals surface area contributed by atoms with Gasteiger partial charge in [-0.15, -0.1) is 0 Å². The van der Waals surface area contributed by atoms with Crippen molar-refractivity contribution in [2.75, 3.05) is 13.1 Å². The molecule has 0 aliphatic heterocycles. The van der Waals surface area contributed by atoms with Gasteiger partial charge in [0, 0.05) is 5.02 Å². The van der Waals surface area contributed by atoms with Crippen molar-refractivity contribution >= 4 is 11.6 Å². The van der Waals surface area contributed by atoms with Gasteiger partial charge in [-0.25, -0.2) is 0 Å². The molecule has 0 radical (unpaired) electrons. The second-order valence-electron chi connectivity index (χ2n) is 5.34. The SMILES string of the molecule is CC(C)CNCC(C)C(C)c1ccccc1Cl. The normalized spacial score (nSPS) is 14.9. The van der Waals surface area contributed by atoms with E-state index in [0.717, 1.165) is 18.1 Å². The van der Waals surface area contributed by atoms with E-state index >= 15 is 0 Å². The highest BCUT2D eigenvalue weighted by molar-refractivity contribution is 6.31. The molecule has 2 atom stereocenters. The Bertz CT molecular complexity index is 335. The molecule has 2 heteroatoms. The maximum absolute atomic E-state index is 6.23. The van der Waals surface area contributed by atoms with Crippen LogP contribution < -0.4 is 5.32 Å². The second kappa shape index (κ2) is 7.03. The van der Waals surface area contributed by atoms with Crippen LogP contribution in [0.1, 0.15) is 39.2 Å². The lowest BCUT2D eigenvalue weighted by Crippen LogP contribution is -2.27. The van der Waals surface area contributed by atoms with Gasteiger partial charge in [0.05, 0.1) is 0 Å². The van der Waals surface area contributed by atoms with Crippen LogP contribution in [0.4, 0.5) is 0 Å². The quantitative estimate of drug-likeness (QED) is 0.796. The lowest BCUT2D eigenvalue weighted by Gasteiger charge is -2.22. The molecule has 17 heavy (non-hydrogen) atoms. The van der Waals surface area contributed by atoms with Crippen molar-refractivity contribution in [3.63, 3.8) is 0 Å². The summed E-state index contributed by atoms with van der Waals surface area (Å²) in [7, 11) is 0. The Morgan fingerprint density at radius 3 is 2.29 bits per heavy atom. The molecule has 0 saturated heterocycles. The number of rotatable bonds is 6. The number of hydrogen-bond acceptors (Lipinski definition) is 1. The fourth-order valence-corrected chi connectivity index (χ4v) is 2.24. The molecule has 2 unspecified atom stereocenters. The third-order valence-electron chi connectivity index (χ3n) is 3.27. The summed E-state index contributed by atoms with van der Waals surface area (Å²) in [6.07, 6.45) is 0. The van der Waals surface area contributed by atoms with Crippen LogP contribution >= 0.6 is 11.6 Å². The molecular formula is C15H24ClN. The maximum Gasteiger partial charge on any atom is 0.0440 e. The van der Waals surface area contributed by atoms with E-state index in [1.165, 1.54) is 5.56 Å². The van der Waals surface area contributed by atoms with Crippen LogP contribution in [-0.4, -0.2) is 13.1 Å². The Kier molecular flexibility index (Phi) is 6.01. The number of hydrogen-bond donors (Lipinski definition) is 1. The first-order valence-corrected chi connectivity index (χ1v) is 6.85. The first-order valence-electron chi connectivity index (χ1n) is 6.47. The average molecular weight is 254 g/mol. The molecule has 0 amide bonds. The molecule has 1 rings (SSSR count). The largest absolute Gasteiger partial charge is 0.316 e. The minimum Gasteiger partial charge on any atom is -0.316 e. The van der Waals surface area contributed by atoms with Crippen LogP contribution in [0.2, 0.25) is 5.02 Å². The third kappa shape index (κ3) is 4.69. The summed E-state index contributed by atoms with van der Waals surface area (Å²) >= 11 is 6.23. The van der Waals surface area contributed by atoms with Gasteiger partial charge in [-0.2, -0.15) is 0 Å². The molecule has 0 fully saturated rings. The Morgan fingerprint density at radius 1 is 1.06 bits per heavy atom. The van der Waals surface area contributed by atoms with Crippen molar-refractivity contribution in [1.82, 2.24) is 5.32 Å². The summed E-state index contributed by atoms with van der Waals surface area (Å²) in [4.78, 5) is 0. The van der Waals surface area contributed by atoms with Gasteiger partial charge in [-0.1, -0.05) is 57.5 Å². The Balaban J connectivity index is 2.52. The zero-order valence-corrected chi connectivity index (χ0v) is 12.1. The standard InChI is InChI=1S/C15H24ClN/c1-11(2)9-17-10-12(3)13(4)14-7-5-6-8-15(14)16/h5-8,11-13,17H,9-10H2,1-4H3. The van der Waals surface area contributed by atoms with Gasteiger partial charge in [0.15, 0.2) is 0 Å². The molecule has 0 aromatic heterocycles. The van der Waals surface area contributed by atoms with Gasteiger partial charge >= 0.3 is 0 Å². The molecule has 1 aromatic rings. The summed E-state index contributed by atoms with van der Waals surface area (Å²) < 4.78 is 0. The summed E-state index contributed by atoms with van der Waals surface area (Å²) in [6, 6.07) is 8.15. The Hall–Kier alpha value is -0.530. The first-order chi connectivity index (χ1) is 8.02. The van der Waals surface area contributed by atoms with Crippen molar-refractivity contribution < 1.29 is 0 Å². The highest BCUT2D eigenvalue weighted by Gasteiger charge is 2.16. The van der Waals surface area contributed by atoms with Crippen LogP contribution in [0.15, 0.2) is 24.3 Å². The average Bonchev–Trinajstić information content (AvgIpc) is 2.28. The van der Waals surface area contributed by atoms with E-state index in [9.17, 15) is 0 Å². The fraction of sp³-hybridized carbons (Fsp3) is 0.600. The molecule has 0 bridgehead atoms. The van der Waals surface area contributed by atoms with E-state index in [4.69, 9.17) is 11.6 Å². The van der Waals surface area contributed by atoms with Crippen molar-refractivity contribution in [1.29, 1.82) is 0 Å². The smallest absolute Gasteiger partial charge is 0.0440 e. The Labute approximate surface area is 111 Å². The van der Waals surface area contributed by atoms with Crippen molar-refractivity contribution in [3.8, 4) is 0 Å². The number of halogens is 1. The number of benzene rings is 1. The molecule has 0 heterocycles. The van der Waals surface area contributed by atoms with E-state index in [1.807, 2.05) is 12.1 Å². The predicted molar refractivity (Wildman–Crippen MR) is 76.7 cm³/mol. The van der Waals surface area contributed by atoms with E-state index in [1.54, 1.807) is 0 Å². The van der Waals surface area contributed by atoms with E-state index in [-0.39, 0.29) is 0 Å². The lowest BCUT2D eigenvalue weighted by atomic mass is 9.89. The summed E-state index contributed by atoms with van der Waals surface area (Å²) in [6.45, 7) is 11.1. The lowest BCUT2D eigenvalue weighted by molar-refractivity contribution is 0.428. The zero-order chi connectivity index (χ0) is 12.8. The minimum atomic E-state index is 0.489. The van der Waals surface area contributed by atoms with Crippen LogP contribution in [-0.2, 0) is 0 Å².